The van der Waals surface area contributed by atoms with E-state index in [1.54, 1.807) is 12.3 Å². The number of nitrogens with one attached hydrogen (secondary N) is 1. The Bertz CT molecular complexity index is 523. The molecule has 2 aromatic rings. The van der Waals surface area contributed by atoms with Crippen LogP contribution in [0.3, 0.4) is 0 Å². The summed E-state index contributed by atoms with van der Waals surface area (Å²) in [5, 5.41) is 3.22. The van der Waals surface area contributed by atoms with Gasteiger partial charge in [0.05, 0.1) is 0 Å². The van der Waals surface area contributed by atoms with Crippen molar-refractivity contribution < 1.29 is 0 Å². The van der Waals surface area contributed by atoms with Crippen molar-refractivity contribution >= 4 is 17.2 Å². The monoisotopic (exact) mass is 228 g/mol. The molecule has 5 N–H and O–H groups in total. The molecular formula is C13H16N4. The first-order valence-electron chi connectivity index (χ1n) is 5.45. The number of nitrogens with two attached hydrogens (primary N) is 2. The van der Waals surface area contributed by atoms with Crippen molar-refractivity contribution in [1.82, 2.24) is 4.98 Å². The van der Waals surface area contributed by atoms with Crippen molar-refractivity contribution in [3.8, 4) is 0 Å². The zero-order valence-corrected chi connectivity index (χ0v) is 9.77. The van der Waals surface area contributed by atoms with Crippen molar-refractivity contribution in [2.45, 2.75) is 13.5 Å². The lowest BCUT2D eigenvalue weighted by Crippen LogP contribution is -2.05. The van der Waals surface area contributed by atoms with E-state index in [-0.39, 0.29) is 0 Å². The van der Waals surface area contributed by atoms with Gasteiger partial charge < -0.3 is 16.8 Å². The van der Waals surface area contributed by atoms with Crippen molar-refractivity contribution in [3.05, 3.63) is 47.7 Å². The molecule has 0 spiro atoms. The molecule has 2 rings (SSSR count). The molecule has 0 saturated heterocycles. The summed E-state index contributed by atoms with van der Waals surface area (Å²) < 4.78 is 0. The van der Waals surface area contributed by atoms with Gasteiger partial charge in [-0.25, -0.2) is 4.98 Å². The highest BCUT2D eigenvalue weighted by Gasteiger charge is 2.00. The Morgan fingerprint density at radius 1 is 1.18 bits per heavy atom. The number of anilines is 3. The molecule has 0 aliphatic carbocycles. The first-order chi connectivity index (χ1) is 8.15. The predicted octanol–water partition coefficient (Wildman–Crippen LogP) is 2.17. The molecule has 0 bridgehead atoms. The smallest absolute Gasteiger partial charge is 0.126 e. The molecule has 1 aromatic heterocycles. The molecule has 0 aliphatic rings. The van der Waals surface area contributed by atoms with E-state index in [1.165, 1.54) is 5.56 Å². The normalized spacial score (nSPS) is 10.2. The van der Waals surface area contributed by atoms with Crippen LogP contribution in [0.15, 0.2) is 36.5 Å². The van der Waals surface area contributed by atoms with E-state index < -0.39 is 0 Å². The highest BCUT2D eigenvalue weighted by Crippen LogP contribution is 2.17. The van der Waals surface area contributed by atoms with Gasteiger partial charge in [0.25, 0.3) is 0 Å². The average Bonchev–Trinajstić information content (AvgIpc) is 2.30. The van der Waals surface area contributed by atoms with Gasteiger partial charge in [0.15, 0.2) is 0 Å². The zero-order chi connectivity index (χ0) is 12.3. The molecule has 0 fully saturated rings. The second-order valence-electron chi connectivity index (χ2n) is 4.03. The van der Waals surface area contributed by atoms with Crippen molar-refractivity contribution in [2.75, 3.05) is 16.8 Å². The van der Waals surface area contributed by atoms with Crippen LogP contribution < -0.4 is 16.8 Å². The van der Waals surface area contributed by atoms with Crippen LogP contribution in [0, 0.1) is 6.92 Å². The zero-order valence-electron chi connectivity index (χ0n) is 9.77. The van der Waals surface area contributed by atoms with Crippen molar-refractivity contribution in [3.63, 3.8) is 0 Å². The van der Waals surface area contributed by atoms with Crippen LogP contribution >= 0.6 is 0 Å². The van der Waals surface area contributed by atoms with E-state index >= 15 is 0 Å². The molecule has 0 unspecified atom stereocenters. The lowest BCUT2D eigenvalue weighted by molar-refractivity contribution is 1.11. The molecule has 1 aromatic carbocycles. The lowest BCUT2D eigenvalue weighted by Gasteiger charge is -2.09. The maximum atomic E-state index is 5.87. The lowest BCUT2D eigenvalue weighted by atomic mass is 10.1. The molecule has 88 valence electrons. The second kappa shape index (κ2) is 4.74. The summed E-state index contributed by atoms with van der Waals surface area (Å²) in [5.74, 6) is 0.840. The Hall–Kier alpha value is -2.23. The van der Waals surface area contributed by atoms with Gasteiger partial charge >= 0.3 is 0 Å². The number of rotatable bonds is 3. The number of pyridine rings is 1. The number of nitrogens with zero attached hydrogens (tertiary/aromatic N) is 1. The fourth-order valence-corrected chi connectivity index (χ4v) is 1.60. The molecule has 1 heterocycles. The van der Waals surface area contributed by atoms with E-state index in [2.05, 4.69) is 10.3 Å². The van der Waals surface area contributed by atoms with Gasteiger partial charge in [-0.1, -0.05) is 0 Å². The molecule has 4 heteroatoms. The van der Waals surface area contributed by atoms with Crippen molar-refractivity contribution in [1.29, 1.82) is 0 Å². The first-order valence-corrected chi connectivity index (χ1v) is 5.45. The summed E-state index contributed by atoms with van der Waals surface area (Å²) in [4.78, 5) is 4.22. The van der Waals surface area contributed by atoms with Gasteiger partial charge in [0.2, 0.25) is 0 Å². The molecular weight excluding hydrogens is 212 g/mol. The average molecular weight is 228 g/mol. The second-order valence-corrected chi connectivity index (χ2v) is 4.03. The number of hydrogen-bond donors (Lipinski definition) is 3. The number of benzene rings is 1. The van der Waals surface area contributed by atoms with E-state index in [4.69, 9.17) is 11.5 Å². The van der Waals surface area contributed by atoms with Crippen LogP contribution in [0.25, 0.3) is 0 Å². The third-order valence-electron chi connectivity index (χ3n) is 2.54. The van der Waals surface area contributed by atoms with E-state index in [1.807, 2.05) is 31.2 Å². The fourth-order valence-electron chi connectivity index (χ4n) is 1.60. The van der Waals surface area contributed by atoms with Crippen molar-refractivity contribution in [2.24, 2.45) is 0 Å². The third kappa shape index (κ3) is 2.87. The van der Waals surface area contributed by atoms with Crippen LogP contribution in [0.4, 0.5) is 17.2 Å². The Kier molecular flexibility index (Phi) is 3.14. The van der Waals surface area contributed by atoms with E-state index in [0.29, 0.717) is 12.2 Å². The molecule has 0 radical (unpaired) electrons. The van der Waals surface area contributed by atoms with Gasteiger partial charge in [-0.15, -0.1) is 0 Å². The largest absolute Gasteiger partial charge is 0.399 e. The minimum absolute atomic E-state index is 0.618. The van der Waals surface area contributed by atoms with Gasteiger partial charge in [0.1, 0.15) is 5.82 Å². The highest BCUT2D eigenvalue weighted by atomic mass is 15.0. The summed E-state index contributed by atoms with van der Waals surface area (Å²) >= 11 is 0. The first kappa shape index (κ1) is 11.3. The molecule has 4 nitrogen and oxygen atoms in total. The SMILES string of the molecule is Cc1ccnc(NCc2cc(N)ccc2N)c1. The maximum absolute atomic E-state index is 5.87. The quantitative estimate of drug-likeness (QED) is 0.704. The summed E-state index contributed by atoms with van der Waals surface area (Å²) in [7, 11) is 0. The van der Waals surface area contributed by atoms with Gasteiger partial charge in [-0.05, 0) is 48.4 Å². The topological polar surface area (TPSA) is 77.0 Å². The van der Waals surface area contributed by atoms with Gasteiger partial charge in [-0.3, -0.25) is 0 Å². The van der Waals surface area contributed by atoms with E-state index in [9.17, 15) is 0 Å². The van der Waals surface area contributed by atoms with Gasteiger partial charge in [0, 0.05) is 24.1 Å². The minimum Gasteiger partial charge on any atom is -0.399 e. The van der Waals surface area contributed by atoms with Crippen LogP contribution in [-0.2, 0) is 6.54 Å². The standard InChI is InChI=1S/C13H16N4/c1-9-4-5-16-13(6-9)17-8-10-7-11(14)2-3-12(10)15/h2-7H,8,14-15H2,1H3,(H,16,17). The summed E-state index contributed by atoms with van der Waals surface area (Å²) in [6, 6.07) is 9.43. The Labute approximate surface area is 101 Å². The number of nitrogen functional groups attached to an aromatic ring is 2. The molecule has 0 atom stereocenters. The molecule has 0 aliphatic heterocycles. The predicted molar refractivity (Wildman–Crippen MR) is 71.6 cm³/mol. The highest BCUT2D eigenvalue weighted by molar-refractivity contribution is 5.56. The minimum atomic E-state index is 0.618. The Balaban J connectivity index is 2.09. The van der Waals surface area contributed by atoms with E-state index in [0.717, 1.165) is 17.1 Å². The Morgan fingerprint density at radius 2 is 2.00 bits per heavy atom. The van der Waals surface area contributed by atoms with Gasteiger partial charge in [-0.2, -0.15) is 0 Å². The molecule has 0 saturated carbocycles. The molecule has 0 amide bonds. The molecule has 17 heavy (non-hydrogen) atoms. The summed E-state index contributed by atoms with van der Waals surface area (Å²) in [5.41, 5.74) is 15.2. The van der Waals surface area contributed by atoms with Crippen LogP contribution in [0.2, 0.25) is 0 Å². The summed E-state index contributed by atoms with van der Waals surface area (Å²) in [6.45, 7) is 2.65. The van der Waals surface area contributed by atoms with Crippen LogP contribution in [0.5, 0.6) is 0 Å². The number of hydrogen-bond acceptors (Lipinski definition) is 4. The van der Waals surface area contributed by atoms with Crippen LogP contribution in [0.1, 0.15) is 11.1 Å². The Morgan fingerprint density at radius 3 is 2.76 bits per heavy atom. The fraction of sp³-hybridized carbons (Fsp3) is 0.154. The maximum Gasteiger partial charge on any atom is 0.126 e. The number of aryl methyl sites for hydroxylation is 1. The van der Waals surface area contributed by atoms with Crippen LogP contribution in [-0.4, -0.2) is 4.98 Å². The number of aromatic nitrogens is 1. The summed E-state index contributed by atoms with van der Waals surface area (Å²) in [6.07, 6.45) is 1.78. The third-order valence-corrected chi connectivity index (χ3v) is 2.54.